The number of ether oxygens (including phenoxy) is 1. The standard InChI is InChI=1S/C26H21ClF3N5O4S/c1-39-23-13-19(16-4-2-5-18(12-16)26(28,29)30)20(27)14-22(23)35-21-9-11-34(15-17(21)7-8-25(35)36)40(37,38)33-24-6-3-10-31-32-24/h2-8,10,12-14H,9,11,15H2,1H3,(H,32,33). The lowest BCUT2D eigenvalue weighted by molar-refractivity contribution is -0.137. The molecule has 5 rings (SSSR count). The van der Waals surface area contributed by atoms with Crippen LogP contribution in [0.2, 0.25) is 5.02 Å². The Morgan fingerprint density at radius 2 is 1.88 bits per heavy atom. The maximum Gasteiger partial charge on any atom is 0.416 e. The summed E-state index contributed by atoms with van der Waals surface area (Å²) in [5.41, 5.74) is 0.691. The Morgan fingerprint density at radius 1 is 1.07 bits per heavy atom. The van der Waals surface area contributed by atoms with E-state index in [1.54, 1.807) is 12.1 Å². The van der Waals surface area contributed by atoms with Crippen molar-refractivity contribution in [3.05, 3.63) is 99.1 Å². The van der Waals surface area contributed by atoms with Gasteiger partial charge in [-0.25, -0.2) is 0 Å². The highest BCUT2D eigenvalue weighted by Gasteiger charge is 2.32. The zero-order valence-electron chi connectivity index (χ0n) is 20.8. The zero-order valence-corrected chi connectivity index (χ0v) is 22.4. The van der Waals surface area contributed by atoms with Crippen LogP contribution in [-0.4, -0.2) is 41.1 Å². The summed E-state index contributed by atoms with van der Waals surface area (Å²) in [7, 11) is -2.60. The van der Waals surface area contributed by atoms with E-state index < -0.39 is 27.5 Å². The Kier molecular flexibility index (Phi) is 7.29. The number of methoxy groups -OCH3 is 1. The van der Waals surface area contributed by atoms with Gasteiger partial charge in [-0.15, -0.1) is 5.10 Å². The van der Waals surface area contributed by atoms with Crippen molar-refractivity contribution in [2.75, 3.05) is 18.4 Å². The van der Waals surface area contributed by atoms with Crippen LogP contribution in [0, 0.1) is 0 Å². The molecule has 0 atom stereocenters. The number of pyridine rings is 1. The lowest BCUT2D eigenvalue weighted by atomic mass is 10.0. The molecule has 0 fully saturated rings. The summed E-state index contributed by atoms with van der Waals surface area (Å²) in [6.07, 6.45) is -2.93. The molecular weight excluding hydrogens is 571 g/mol. The van der Waals surface area contributed by atoms with E-state index in [1.807, 2.05) is 0 Å². The van der Waals surface area contributed by atoms with Gasteiger partial charge in [0.2, 0.25) is 0 Å². The molecule has 208 valence electrons. The number of anilines is 1. The van der Waals surface area contributed by atoms with E-state index in [-0.39, 0.29) is 47.4 Å². The number of alkyl halides is 3. The molecule has 9 nitrogen and oxygen atoms in total. The van der Waals surface area contributed by atoms with Crippen LogP contribution in [0.15, 0.2) is 71.7 Å². The van der Waals surface area contributed by atoms with Crippen LogP contribution in [0.25, 0.3) is 16.8 Å². The third kappa shape index (κ3) is 5.40. The zero-order chi connectivity index (χ0) is 28.7. The number of halogens is 4. The van der Waals surface area contributed by atoms with Gasteiger partial charge in [0, 0.05) is 43.0 Å². The van der Waals surface area contributed by atoms with Gasteiger partial charge in [0.15, 0.2) is 5.82 Å². The first-order valence-corrected chi connectivity index (χ1v) is 13.6. The molecule has 0 radical (unpaired) electrons. The Bertz CT molecular complexity index is 1750. The molecule has 0 saturated heterocycles. The molecule has 0 unspecified atom stereocenters. The average Bonchev–Trinajstić information content (AvgIpc) is 2.92. The second kappa shape index (κ2) is 10.6. The van der Waals surface area contributed by atoms with Gasteiger partial charge in [0.25, 0.3) is 5.56 Å². The lowest BCUT2D eigenvalue weighted by Gasteiger charge is -2.30. The van der Waals surface area contributed by atoms with E-state index in [1.165, 1.54) is 58.6 Å². The van der Waals surface area contributed by atoms with Gasteiger partial charge < -0.3 is 4.74 Å². The summed E-state index contributed by atoms with van der Waals surface area (Å²) in [4.78, 5) is 13.1. The molecule has 1 aliphatic rings. The van der Waals surface area contributed by atoms with E-state index in [2.05, 4.69) is 14.9 Å². The average molecular weight is 592 g/mol. The smallest absolute Gasteiger partial charge is 0.416 e. The van der Waals surface area contributed by atoms with Gasteiger partial charge in [-0.1, -0.05) is 29.8 Å². The molecule has 1 N–H and O–H groups in total. The van der Waals surface area contributed by atoms with Crippen molar-refractivity contribution in [3.63, 3.8) is 0 Å². The second-order valence-corrected chi connectivity index (χ2v) is 10.9. The number of hydrogen-bond acceptors (Lipinski definition) is 6. The van der Waals surface area contributed by atoms with Crippen LogP contribution in [0.3, 0.4) is 0 Å². The lowest BCUT2D eigenvalue weighted by Crippen LogP contribution is -2.41. The third-order valence-corrected chi connectivity index (χ3v) is 8.16. The summed E-state index contributed by atoms with van der Waals surface area (Å²) in [5.74, 6) is 0.269. The maximum atomic E-state index is 13.3. The maximum absolute atomic E-state index is 13.3. The summed E-state index contributed by atoms with van der Waals surface area (Å²) in [6, 6.07) is 13.5. The van der Waals surface area contributed by atoms with Gasteiger partial charge in [-0.3, -0.25) is 14.1 Å². The fraction of sp³-hybridized carbons (Fsp3) is 0.192. The van der Waals surface area contributed by atoms with Gasteiger partial charge in [0.1, 0.15) is 5.75 Å². The molecule has 0 spiro atoms. The largest absolute Gasteiger partial charge is 0.495 e. The SMILES string of the molecule is COc1cc(-c2cccc(C(F)(F)F)c2)c(Cl)cc1-n1c2c(ccc1=O)CN(S(=O)(=O)Nc1cccnn1)CC2. The monoisotopic (exact) mass is 591 g/mol. The van der Waals surface area contributed by atoms with Crippen LogP contribution in [0.4, 0.5) is 19.0 Å². The predicted molar refractivity (Wildman–Crippen MR) is 143 cm³/mol. The van der Waals surface area contributed by atoms with E-state index in [0.29, 0.717) is 16.8 Å². The molecule has 0 saturated carbocycles. The van der Waals surface area contributed by atoms with Crippen molar-refractivity contribution in [2.45, 2.75) is 19.1 Å². The first-order valence-electron chi connectivity index (χ1n) is 11.8. The molecule has 2 aromatic heterocycles. The van der Waals surface area contributed by atoms with Gasteiger partial charge in [0.05, 0.1) is 23.4 Å². The van der Waals surface area contributed by atoms with Crippen molar-refractivity contribution >= 4 is 27.6 Å². The molecule has 2 aromatic carbocycles. The summed E-state index contributed by atoms with van der Waals surface area (Å²) in [5, 5.41) is 7.51. The van der Waals surface area contributed by atoms with Gasteiger partial charge in [-0.05, 0) is 47.5 Å². The van der Waals surface area contributed by atoms with E-state index in [4.69, 9.17) is 16.3 Å². The molecule has 0 bridgehead atoms. The Hall–Kier alpha value is -3.94. The van der Waals surface area contributed by atoms with Crippen LogP contribution < -0.4 is 15.0 Å². The number of hydrogen-bond donors (Lipinski definition) is 1. The first kappa shape index (κ1) is 27.6. The molecule has 4 aromatic rings. The van der Waals surface area contributed by atoms with Gasteiger partial charge in [-0.2, -0.15) is 31.0 Å². The highest BCUT2D eigenvalue weighted by Crippen LogP contribution is 2.39. The minimum absolute atomic E-state index is 0.0242. The summed E-state index contributed by atoms with van der Waals surface area (Å²) < 4.78 is 76.3. The Morgan fingerprint density at radius 3 is 2.58 bits per heavy atom. The number of nitrogens with zero attached hydrogens (tertiary/aromatic N) is 4. The van der Waals surface area contributed by atoms with Crippen LogP contribution in [0.1, 0.15) is 16.8 Å². The van der Waals surface area contributed by atoms with Crippen molar-refractivity contribution in [2.24, 2.45) is 0 Å². The first-order chi connectivity index (χ1) is 19.0. The number of fused-ring (bicyclic) bond motifs is 1. The molecule has 40 heavy (non-hydrogen) atoms. The number of nitrogens with one attached hydrogen (secondary N) is 1. The van der Waals surface area contributed by atoms with Gasteiger partial charge >= 0.3 is 16.4 Å². The highest BCUT2D eigenvalue weighted by atomic mass is 35.5. The number of rotatable bonds is 6. The summed E-state index contributed by atoms with van der Waals surface area (Å²) in [6.45, 7) is 0.0357. The second-order valence-electron chi connectivity index (χ2n) is 8.86. The van der Waals surface area contributed by atoms with E-state index in [9.17, 15) is 26.4 Å². The van der Waals surface area contributed by atoms with Crippen LogP contribution in [-0.2, 0) is 29.4 Å². The van der Waals surface area contributed by atoms with E-state index >= 15 is 0 Å². The van der Waals surface area contributed by atoms with Crippen molar-refractivity contribution in [1.82, 2.24) is 19.1 Å². The Labute approximate surface area is 232 Å². The number of aromatic nitrogens is 3. The third-order valence-electron chi connectivity index (χ3n) is 6.39. The minimum Gasteiger partial charge on any atom is -0.495 e. The molecule has 14 heteroatoms. The molecule has 3 heterocycles. The molecule has 0 aliphatic carbocycles. The molecule has 0 amide bonds. The quantitative estimate of drug-likeness (QED) is 0.349. The van der Waals surface area contributed by atoms with Crippen molar-refractivity contribution in [3.8, 4) is 22.6 Å². The fourth-order valence-electron chi connectivity index (χ4n) is 4.52. The summed E-state index contributed by atoms with van der Waals surface area (Å²) >= 11 is 6.55. The normalized spacial score (nSPS) is 14.0. The highest BCUT2D eigenvalue weighted by molar-refractivity contribution is 7.90. The topological polar surface area (TPSA) is 106 Å². The fourth-order valence-corrected chi connectivity index (χ4v) is 5.93. The van der Waals surface area contributed by atoms with Crippen molar-refractivity contribution in [1.29, 1.82) is 0 Å². The van der Waals surface area contributed by atoms with E-state index in [0.717, 1.165) is 12.1 Å². The molecule has 1 aliphatic heterocycles. The minimum atomic E-state index is -4.53. The van der Waals surface area contributed by atoms with Crippen LogP contribution >= 0.6 is 11.6 Å². The predicted octanol–water partition coefficient (Wildman–Crippen LogP) is 4.69. The Balaban J connectivity index is 1.53. The number of benzene rings is 2. The van der Waals surface area contributed by atoms with Crippen molar-refractivity contribution < 1.29 is 26.3 Å². The molecular formula is C26H21ClF3N5O4S. The van der Waals surface area contributed by atoms with Crippen LogP contribution in [0.5, 0.6) is 5.75 Å².